The minimum Gasteiger partial charge on any atom is -0.351 e. The van der Waals surface area contributed by atoms with E-state index in [1.54, 1.807) is 0 Å². The number of aromatic nitrogens is 1. The van der Waals surface area contributed by atoms with Crippen LogP contribution in [0.15, 0.2) is 60.8 Å². The Balaban J connectivity index is 2.24. The Morgan fingerprint density at radius 2 is 1.47 bits per heavy atom. The van der Waals surface area contributed by atoms with E-state index in [0.717, 1.165) is 0 Å². The van der Waals surface area contributed by atoms with Crippen molar-refractivity contribution in [1.29, 1.82) is 0 Å². The second-order valence-electron chi connectivity index (χ2n) is 5.66. The number of rotatable bonds is 2. The Morgan fingerprint density at radius 3 is 2.21 bits per heavy atom. The second-order valence-corrected chi connectivity index (χ2v) is 10.0. The van der Waals surface area contributed by atoms with Gasteiger partial charge in [0, 0.05) is 18.8 Å². The third kappa shape index (κ3) is 1.92. The van der Waals surface area contributed by atoms with E-state index in [9.17, 15) is 0 Å². The first-order chi connectivity index (χ1) is 9.10. The molecule has 0 unspecified atom stereocenters. The Kier molecular flexibility index (Phi) is 2.83. The molecule has 0 saturated heterocycles. The lowest BCUT2D eigenvalue weighted by atomic mass is 10.2. The molecule has 96 valence electrons. The van der Waals surface area contributed by atoms with Gasteiger partial charge in [0.25, 0.3) is 0 Å². The summed E-state index contributed by atoms with van der Waals surface area (Å²) < 4.78 is 2.25. The lowest BCUT2D eigenvalue weighted by Crippen LogP contribution is -2.52. The van der Waals surface area contributed by atoms with Crippen molar-refractivity contribution in [1.82, 2.24) is 4.57 Å². The van der Waals surface area contributed by atoms with Crippen LogP contribution in [0, 0.1) is 0 Å². The summed E-state index contributed by atoms with van der Waals surface area (Å²) in [6.07, 6.45) is 2.32. The van der Waals surface area contributed by atoms with Crippen molar-refractivity contribution in [3.63, 3.8) is 0 Å². The second kappa shape index (κ2) is 4.39. The molecule has 0 aliphatic carbocycles. The highest BCUT2D eigenvalue weighted by Crippen LogP contribution is 2.17. The zero-order chi connectivity index (χ0) is 13.5. The van der Waals surface area contributed by atoms with Crippen LogP contribution >= 0.6 is 0 Å². The maximum Gasteiger partial charge on any atom is 0.115 e. The molecule has 0 spiro atoms. The molecule has 0 aliphatic heterocycles. The fourth-order valence-corrected chi connectivity index (χ4v) is 5.59. The first kappa shape index (κ1) is 12.2. The van der Waals surface area contributed by atoms with Gasteiger partial charge in [-0.1, -0.05) is 66.8 Å². The fourth-order valence-electron chi connectivity index (χ4n) is 2.85. The molecule has 0 aliphatic rings. The first-order valence-electron chi connectivity index (χ1n) is 6.71. The molecule has 0 atom stereocenters. The minimum absolute atomic E-state index is 1.33. The van der Waals surface area contributed by atoms with Crippen LogP contribution in [0.1, 0.15) is 0 Å². The molecule has 1 heterocycles. The van der Waals surface area contributed by atoms with E-state index in [2.05, 4.69) is 85.5 Å². The van der Waals surface area contributed by atoms with E-state index in [1.807, 2.05) is 0 Å². The molecule has 0 fully saturated rings. The first-order valence-corrected chi connectivity index (χ1v) is 9.71. The van der Waals surface area contributed by atoms with Crippen LogP contribution in [-0.2, 0) is 7.05 Å². The van der Waals surface area contributed by atoms with E-state index >= 15 is 0 Å². The highest BCUT2D eigenvalue weighted by Gasteiger charge is 2.28. The van der Waals surface area contributed by atoms with Gasteiger partial charge in [-0.2, -0.15) is 0 Å². The lowest BCUT2D eigenvalue weighted by Gasteiger charge is -2.22. The zero-order valence-electron chi connectivity index (χ0n) is 11.7. The monoisotopic (exact) mass is 265 g/mol. The maximum atomic E-state index is 2.43. The topological polar surface area (TPSA) is 4.93 Å². The van der Waals surface area contributed by atoms with Crippen molar-refractivity contribution in [3.8, 4) is 0 Å². The van der Waals surface area contributed by atoms with Crippen LogP contribution in [0.4, 0.5) is 0 Å². The molecule has 3 aromatic rings. The van der Waals surface area contributed by atoms with Crippen LogP contribution in [0.5, 0.6) is 0 Å². The van der Waals surface area contributed by atoms with Gasteiger partial charge in [-0.25, -0.2) is 0 Å². The molecule has 2 heteroatoms. The standard InChI is InChI=1S/C17H19NSi/c1-18-13-17(15-11-7-8-12-16(15)18)19(2,3)14-9-5-4-6-10-14/h4-13H,1-3H3. The predicted molar refractivity (Wildman–Crippen MR) is 86.1 cm³/mol. The maximum absolute atomic E-state index is 2.43. The third-order valence-electron chi connectivity index (χ3n) is 4.07. The highest BCUT2D eigenvalue weighted by molar-refractivity contribution is 7.01. The molecule has 19 heavy (non-hydrogen) atoms. The summed E-state index contributed by atoms with van der Waals surface area (Å²) in [5.74, 6) is 0. The van der Waals surface area contributed by atoms with E-state index < -0.39 is 8.07 Å². The number of hydrogen-bond donors (Lipinski definition) is 0. The van der Waals surface area contributed by atoms with Gasteiger partial charge in [-0.3, -0.25) is 0 Å². The molecule has 0 saturated carbocycles. The van der Waals surface area contributed by atoms with Crippen LogP contribution < -0.4 is 10.4 Å². The van der Waals surface area contributed by atoms with Crippen molar-refractivity contribution >= 4 is 29.4 Å². The van der Waals surface area contributed by atoms with Crippen molar-refractivity contribution in [2.45, 2.75) is 13.1 Å². The minimum atomic E-state index is -1.62. The molecule has 0 bridgehead atoms. The van der Waals surface area contributed by atoms with Crippen molar-refractivity contribution in [2.24, 2.45) is 7.05 Å². The molecule has 1 nitrogen and oxygen atoms in total. The normalized spacial score (nSPS) is 11.9. The Morgan fingerprint density at radius 1 is 0.842 bits per heavy atom. The third-order valence-corrected chi connectivity index (χ3v) is 7.59. The van der Waals surface area contributed by atoms with Crippen molar-refractivity contribution in [2.75, 3.05) is 0 Å². The summed E-state index contributed by atoms with van der Waals surface area (Å²) in [6, 6.07) is 19.6. The van der Waals surface area contributed by atoms with Crippen molar-refractivity contribution in [3.05, 3.63) is 60.8 Å². The summed E-state index contributed by atoms with van der Waals surface area (Å²) in [5.41, 5.74) is 1.33. The van der Waals surface area contributed by atoms with Gasteiger partial charge in [0.15, 0.2) is 0 Å². The van der Waals surface area contributed by atoms with E-state index in [4.69, 9.17) is 0 Å². The van der Waals surface area contributed by atoms with Crippen LogP contribution in [-0.4, -0.2) is 12.6 Å². The fraction of sp³-hybridized carbons (Fsp3) is 0.176. The number of fused-ring (bicyclic) bond motifs is 1. The summed E-state index contributed by atoms with van der Waals surface area (Å²) in [7, 11) is 0.520. The van der Waals surface area contributed by atoms with Crippen LogP contribution in [0.25, 0.3) is 10.9 Å². The SMILES string of the molecule is Cn1cc([Si](C)(C)c2ccccc2)c2ccccc21. The number of hydrogen-bond acceptors (Lipinski definition) is 0. The Bertz CT molecular complexity index is 710. The molecule has 1 aromatic heterocycles. The summed E-state index contributed by atoms with van der Waals surface area (Å²) in [6.45, 7) is 4.87. The van der Waals surface area contributed by atoms with Gasteiger partial charge in [0.05, 0.1) is 0 Å². The predicted octanol–water partition coefficient (Wildman–Crippen LogP) is 3.00. The molecule has 0 N–H and O–H groups in total. The van der Waals surface area contributed by atoms with Gasteiger partial charge >= 0.3 is 0 Å². The van der Waals surface area contributed by atoms with Gasteiger partial charge in [0.2, 0.25) is 0 Å². The summed E-state index contributed by atoms with van der Waals surface area (Å²) >= 11 is 0. The van der Waals surface area contributed by atoms with E-state index in [0.29, 0.717) is 0 Å². The molecule has 0 amide bonds. The molecular weight excluding hydrogens is 246 g/mol. The largest absolute Gasteiger partial charge is 0.351 e. The number of aryl methyl sites for hydroxylation is 1. The Labute approximate surface area is 115 Å². The van der Waals surface area contributed by atoms with E-state index in [-0.39, 0.29) is 0 Å². The lowest BCUT2D eigenvalue weighted by molar-refractivity contribution is 0.972. The molecule has 0 radical (unpaired) electrons. The number of nitrogens with zero attached hydrogens (tertiary/aromatic N) is 1. The molecule has 2 aromatic carbocycles. The van der Waals surface area contributed by atoms with Crippen LogP contribution in [0.3, 0.4) is 0 Å². The van der Waals surface area contributed by atoms with Gasteiger partial charge in [0.1, 0.15) is 8.07 Å². The van der Waals surface area contributed by atoms with Crippen LogP contribution in [0.2, 0.25) is 13.1 Å². The average Bonchev–Trinajstić information content (AvgIpc) is 2.79. The number of benzene rings is 2. The summed E-state index contributed by atoms with van der Waals surface area (Å²) in [5, 5.41) is 4.42. The van der Waals surface area contributed by atoms with Gasteiger partial charge in [-0.05, 0) is 16.6 Å². The quantitative estimate of drug-likeness (QED) is 0.628. The molecular formula is C17H19NSi. The highest BCUT2D eigenvalue weighted by atomic mass is 28.3. The summed E-state index contributed by atoms with van der Waals surface area (Å²) in [4.78, 5) is 0. The van der Waals surface area contributed by atoms with Gasteiger partial charge < -0.3 is 4.57 Å². The molecule has 3 rings (SSSR count). The number of para-hydroxylation sites is 1. The smallest absolute Gasteiger partial charge is 0.115 e. The van der Waals surface area contributed by atoms with Gasteiger partial charge in [-0.15, -0.1) is 0 Å². The van der Waals surface area contributed by atoms with E-state index in [1.165, 1.54) is 21.3 Å². The Hall–Kier alpha value is -1.80. The zero-order valence-corrected chi connectivity index (χ0v) is 12.7. The average molecular weight is 265 g/mol. The van der Waals surface area contributed by atoms with Crippen molar-refractivity contribution < 1.29 is 0 Å².